The molecule has 1 aromatic carbocycles. The van der Waals surface area contributed by atoms with Crippen LogP contribution in [0.4, 0.5) is 0 Å². The monoisotopic (exact) mass is 267 g/mol. The molecule has 1 aliphatic heterocycles. The van der Waals surface area contributed by atoms with E-state index in [4.69, 9.17) is 0 Å². The van der Waals surface area contributed by atoms with E-state index in [0.29, 0.717) is 12.0 Å². The van der Waals surface area contributed by atoms with Gasteiger partial charge in [-0.3, -0.25) is 10.00 Å². The Kier molecular flexibility index (Phi) is 3.07. The van der Waals surface area contributed by atoms with Crippen molar-refractivity contribution >= 4 is 0 Å². The van der Waals surface area contributed by atoms with E-state index in [1.54, 1.807) is 11.1 Å². The third kappa shape index (κ3) is 2.16. The zero-order valence-corrected chi connectivity index (χ0v) is 11.8. The minimum atomic E-state index is 0.634. The molecule has 20 heavy (non-hydrogen) atoms. The molecule has 0 amide bonds. The second-order valence-corrected chi connectivity index (χ2v) is 6.18. The Labute approximate surface area is 120 Å². The second kappa shape index (κ2) is 5.06. The van der Waals surface area contributed by atoms with Gasteiger partial charge in [-0.05, 0) is 49.4 Å². The number of piperidine rings is 1. The fourth-order valence-electron chi connectivity index (χ4n) is 3.88. The van der Waals surface area contributed by atoms with Crippen molar-refractivity contribution in [2.45, 2.75) is 37.6 Å². The predicted molar refractivity (Wildman–Crippen MR) is 79.8 cm³/mol. The van der Waals surface area contributed by atoms with Crippen LogP contribution in [0.2, 0.25) is 0 Å². The molecule has 0 saturated carbocycles. The highest BCUT2D eigenvalue weighted by atomic mass is 15.2. The largest absolute Gasteiger partial charge is 0.299 e. The summed E-state index contributed by atoms with van der Waals surface area (Å²) in [6.45, 7) is 2.43. The van der Waals surface area contributed by atoms with Gasteiger partial charge >= 0.3 is 0 Å². The topological polar surface area (TPSA) is 31.9 Å². The maximum absolute atomic E-state index is 4.11. The fraction of sp³-hybridized carbons (Fsp3) is 0.471. The summed E-state index contributed by atoms with van der Waals surface area (Å²) >= 11 is 0. The van der Waals surface area contributed by atoms with Crippen molar-refractivity contribution in [3.8, 4) is 0 Å². The molecule has 3 heteroatoms. The molecule has 1 saturated heterocycles. The third-order valence-corrected chi connectivity index (χ3v) is 4.96. The molecule has 3 nitrogen and oxygen atoms in total. The Bertz CT molecular complexity index is 551. The van der Waals surface area contributed by atoms with Crippen LogP contribution in [-0.4, -0.2) is 34.2 Å². The highest BCUT2D eigenvalue weighted by molar-refractivity contribution is 5.33. The van der Waals surface area contributed by atoms with Gasteiger partial charge in [0, 0.05) is 30.4 Å². The Morgan fingerprint density at radius 2 is 1.90 bits per heavy atom. The third-order valence-electron chi connectivity index (χ3n) is 4.96. The van der Waals surface area contributed by atoms with Crippen LogP contribution in [0.1, 0.15) is 35.6 Å². The molecular weight excluding hydrogens is 246 g/mol. The normalized spacial score (nSPS) is 23.9. The number of hydrogen-bond acceptors (Lipinski definition) is 2. The number of rotatable bonds is 2. The summed E-state index contributed by atoms with van der Waals surface area (Å²) in [5.41, 5.74) is 4.42. The van der Waals surface area contributed by atoms with Gasteiger partial charge in [0.1, 0.15) is 0 Å². The van der Waals surface area contributed by atoms with Crippen molar-refractivity contribution in [3.05, 3.63) is 53.3 Å². The molecule has 2 aliphatic rings. The highest BCUT2D eigenvalue weighted by Crippen LogP contribution is 2.31. The van der Waals surface area contributed by atoms with Crippen molar-refractivity contribution in [2.75, 3.05) is 13.1 Å². The molecule has 0 radical (unpaired) electrons. The van der Waals surface area contributed by atoms with Crippen LogP contribution < -0.4 is 0 Å². The number of fused-ring (bicyclic) bond motifs is 1. The van der Waals surface area contributed by atoms with Crippen molar-refractivity contribution in [1.82, 2.24) is 15.1 Å². The maximum Gasteiger partial charge on any atom is 0.0490 e. The van der Waals surface area contributed by atoms with E-state index in [1.807, 2.05) is 6.20 Å². The summed E-state index contributed by atoms with van der Waals surface area (Å²) < 4.78 is 0. The molecule has 1 aliphatic carbocycles. The zero-order valence-electron chi connectivity index (χ0n) is 11.8. The summed E-state index contributed by atoms with van der Waals surface area (Å²) in [6, 6.07) is 11.8. The van der Waals surface area contributed by atoms with Crippen LogP contribution in [0, 0.1) is 0 Å². The van der Waals surface area contributed by atoms with E-state index in [-0.39, 0.29) is 0 Å². The minimum Gasteiger partial charge on any atom is -0.299 e. The molecule has 0 spiro atoms. The molecule has 104 valence electrons. The van der Waals surface area contributed by atoms with E-state index in [1.165, 1.54) is 44.5 Å². The van der Waals surface area contributed by atoms with Crippen molar-refractivity contribution in [3.63, 3.8) is 0 Å². The van der Waals surface area contributed by atoms with Crippen LogP contribution in [0.15, 0.2) is 36.5 Å². The van der Waals surface area contributed by atoms with Crippen LogP contribution in [0.3, 0.4) is 0 Å². The van der Waals surface area contributed by atoms with Gasteiger partial charge in [0.05, 0.1) is 0 Å². The first-order valence-electron chi connectivity index (χ1n) is 7.70. The van der Waals surface area contributed by atoms with E-state index in [2.05, 4.69) is 45.4 Å². The van der Waals surface area contributed by atoms with Crippen molar-refractivity contribution in [1.29, 1.82) is 0 Å². The molecule has 1 N–H and O–H groups in total. The second-order valence-electron chi connectivity index (χ2n) is 6.18. The number of H-pyrrole nitrogens is 1. The molecule has 1 aromatic heterocycles. The summed E-state index contributed by atoms with van der Waals surface area (Å²) in [4.78, 5) is 2.70. The number of likely N-dealkylation sites (tertiary alicyclic amines) is 1. The number of benzene rings is 1. The molecule has 2 heterocycles. The SMILES string of the molecule is c1ccc2c(c1)CC(N1CCCC(c3ccn[nH]3)C1)C2. The lowest BCUT2D eigenvalue weighted by Gasteiger charge is -2.36. The summed E-state index contributed by atoms with van der Waals surface area (Å²) in [6.07, 6.45) is 6.92. The standard InChI is InChI=1S/C17H21N3/c1-2-5-14-11-16(10-13(14)4-1)20-9-3-6-15(12-20)17-7-8-18-19-17/h1-2,4-5,7-8,15-16H,3,6,9-12H2,(H,18,19). The number of aromatic nitrogens is 2. The smallest absolute Gasteiger partial charge is 0.0490 e. The quantitative estimate of drug-likeness (QED) is 0.907. The minimum absolute atomic E-state index is 0.634. The lowest BCUT2D eigenvalue weighted by molar-refractivity contribution is 0.151. The molecule has 4 rings (SSSR count). The van der Waals surface area contributed by atoms with E-state index in [9.17, 15) is 0 Å². The number of aromatic amines is 1. The molecular formula is C17H21N3. The molecule has 0 bridgehead atoms. The predicted octanol–water partition coefficient (Wildman–Crippen LogP) is 2.76. The lowest BCUT2D eigenvalue weighted by atomic mass is 9.93. The van der Waals surface area contributed by atoms with E-state index >= 15 is 0 Å². The fourth-order valence-corrected chi connectivity index (χ4v) is 3.88. The van der Waals surface area contributed by atoms with Gasteiger partial charge in [0.2, 0.25) is 0 Å². The van der Waals surface area contributed by atoms with Gasteiger partial charge in [-0.2, -0.15) is 5.10 Å². The van der Waals surface area contributed by atoms with Crippen molar-refractivity contribution < 1.29 is 0 Å². The first kappa shape index (κ1) is 12.2. The Morgan fingerprint density at radius 1 is 1.10 bits per heavy atom. The lowest BCUT2D eigenvalue weighted by Crippen LogP contribution is -2.42. The average molecular weight is 267 g/mol. The first-order valence-corrected chi connectivity index (χ1v) is 7.70. The van der Waals surface area contributed by atoms with Crippen molar-refractivity contribution in [2.24, 2.45) is 0 Å². The summed E-state index contributed by atoms with van der Waals surface area (Å²) in [7, 11) is 0. The summed E-state index contributed by atoms with van der Waals surface area (Å²) in [5.74, 6) is 0.634. The van der Waals surface area contributed by atoms with Crippen LogP contribution in [0.5, 0.6) is 0 Å². The van der Waals surface area contributed by atoms with Gasteiger partial charge in [0.15, 0.2) is 0 Å². The number of hydrogen-bond donors (Lipinski definition) is 1. The van der Waals surface area contributed by atoms with Crippen LogP contribution >= 0.6 is 0 Å². The maximum atomic E-state index is 4.11. The summed E-state index contributed by atoms with van der Waals surface area (Å²) in [5, 5.41) is 7.27. The van der Waals surface area contributed by atoms with E-state index < -0.39 is 0 Å². The van der Waals surface area contributed by atoms with E-state index in [0.717, 1.165) is 0 Å². The first-order chi connectivity index (χ1) is 9.90. The highest BCUT2D eigenvalue weighted by Gasteiger charge is 2.31. The number of nitrogens with one attached hydrogen (secondary N) is 1. The Morgan fingerprint density at radius 3 is 2.60 bits per heavy atom. The molecule has 1 atom stereocenters. The zero-order chi connectivity index (χ0) is 13.4. The van der Waals surface area contributed by atoms with Crippen LogP contribution in [0.25, 0.3) is 0 Å². The Balaban J connectivity index is 1.47. The average Bonchev–Trinajstić information content (AvgIpc) is 3.16. The van der Waals surface area contributed by atoms with Gasteiger partial charge in [0.25, 0.3) is 0 Å². The molecule has 2 aromatic rings. The van der Waals surface area contributed by atoms with Gasteiger partial charge in [-0.25, -0.2) is 0 Å². The van der Waals surface area contributed by atoms with Gasteiger partial charge in [-0.15, -0.1) is 0 Å². The molecule has 1 fully saturated rings. The Hall–Kier alpha value is -1.61. The van der Waals surface area contributed by atoms with Crippen LogP contribution in [-0.2, 0) is 12.8 Å². The van der Waals surface area contributed by atoms with Gasteiger partial charge in [-0.1, -0.05) is 24.3 Å². The van der Waals surface area contributed by atoms with Gasteiger partial charge < -0.3 is 0 Å². The number of nitrogens with zero attached hydrogens (tertiary/aromatic N) is 2. The molecule has 1 unspecified atom stereocenters.